The Bertz CT molecular complexity index is 449. The van der Waals surface area contributed by atoms with E-state index in [0.717, 1.165) is 25.7 Å². The lowest BCUT2D eigenvalue weighted by atomic mass is 9.81. The lowest BCUT2D eigenvalue weighted by Crippen LogP contribution is -2.45. The predicted molar refractivity (Wildman–Crippen MR) is 88.6 cm³/mol. The minimum Gasteiger partial charge on any atom is -0.352 e. The highest BCUT2D eigenvalue weighted by Gasteiger charge is 2.49. The van der Waals surface area contributed by atoms with Gasteiger partial charge in [-0.25, -0.2) is 0 Å². The van der Waals surface area contributed by atoms with Crippen molar-refractivity contribution in [2.45, 2.75) is 84.1 Å². The van der Waals surface area contributed by atoms with Gasteiger partial charge in [-0.3, -0.25) is 19.3 Å². The fraction of sp³-hybridized carbons (Fsp3) is 0.833. The standard InChI is InChI=1S/C18H30N2O3/c1-3-18(4-2)12-16(22)20(17(18)23)13-15(21)19-14-10-8-6-5-7-9-11-14/h14H,3-13H2,1-2H3,(H,19,21). The van der Waals surface area contributed by atoms with Crippen LogP contribution in [0.4, 0.5) is 0 Å². The molecule has 1 aliphatic heterocycles. The third-order valence-corrected chi connectivity index (χ3v) is 5.62. The lowest BCUT2D eigenvalue weighted by molar-refractivity contribution is -0.145. The number of rotatable bonds is 5. The first kappa shape index (κ1) is 18.0. The Morgan fingerprint density at radius 1 is 1.09 bits per heavy atom. The summed E-state index contributed by atoms with van der Waals surface area (Å²) >= 11 is 0. The molecule has 0 atom stereocenters. The number of hydrogen-bond acceptors (Lipinski definition) is 3. The Hall–Kier alpha value is -1.39. The first-order chi connectivity index (χ1) is 11.0. The molecule has 0 bridgehead atoms. The van der Waals surface area contributed by atoms with Crippen LogP contribution in [0, 0.1) is 5.41 Å². The average Bonchev–Trinajstić information content (AvgIpc) is 2.74. The van der Waals surface area contributed by atoms with Crippen molar-refractivity contribution in [2.24, 2.45) is 5.41 Å². The molecule has 0 aromatic carbocycles. The van der Waals surface area contributed by atoms with Crippen LogP contribution in [0.15, 0.2) is 0 Å². The van der Waals surface area contributed by atoms with E-state index in [1.165, 1.54) is 24.2 Å². The van der Waals surface area contributed by atoms with Crippen molar-refractivity contribution in [3.05, 3.63) is 0 Å². The van der Waals surface area contributed by atoms with Crippen LogP contribution in [-0.2, 0) is 14.4 Å². The van der Waals surface area contributed by atoms with Gasteiger partial charge in [0.2, 0.25) is 17.7 Å². The Morgan fingerprint density at radius 2 is 1.65 bits per heavy atom. The highest BCUT2D eigenvalue weighted by Crippen LogP contribution is 2.38. The molecule has 2 rings (SSSR count). The van der Waals surface area contributed by atoms with Gasteiger partial charge in [0.15, 0.2) is 0 Å². The summed E-state index contributed by atoms with van der Waals surface area (Å²) in [6, 6.07) is 0.192. The number of likely N-dealkylation sites (tertiary alicyclic amines) is 1. The van der Waals surface area contributed by atoms with Crippen LogP contribution in [0.25, 0.3) is 0 Å². The quantitative estimate of drug-likeness (QED) is 0.792. The highest BCUT2D eigenvalue weighted by atomic mass is 16.2. The number of nitrogens with zero attached hydrogens (tertiary/aromatic N) is 1. The van der Waals surface area contributed by atoms with Crippen LogP contribution < -0.4 is 5.32 Å². The maximum Gasteiger partial charge on any atom is 0.240 e. The summed E-state index contributed by atoms with van der Waals surface area (Å²) in [7, 11) is 0. The van der Waals surface area contributed by atoms with E-state index < -0.39 is 5.41 Å². The molecule has 1 saturated carbocycles. The maximum atomic E-state index is 12.6. The maximum absolute atomic E-state index is 12.6. The van der Waals surface area contributed by atoms with Crippen LogP contribution in [0.5, 0.6) is 0 Å². The van der Waals surface area contributed by atoms with E-state index in [1.54, 1.807) is 0 Å². The van der Waals surface area contributed by atoms with Crippen molar-refractivity contribution in [2.75, 3.05) is 6.54 Å². The lowest BCUT2D eigenvalue weighted by Gasteiger charge is -2.25. The molecule has 3 amide bonds. The molecule has 5 heteroatoms. The Morgan fingerprint density at radius 3 is 2.17 bits per heavy atom. The minimum absolute atomic E-state index is 0.115. The summed E-state index contributed by atoms with van der Waals surface area (Å²) in [6.45, 7) is 3.76. The van der Waals surface area contributed by atoms with Gasteiger partial charge in [0.25, 0.3) is 0 Å². The van der Waals surface area contributed by atoms with E-state index in [1.807, 2.05) is 13.8 Å². The molecular weight excluding hydrogens is 292 g/mol. The van der Waals surface area contributed by atoms with Gasteiger partial charge in [-0.1, -0.05) is 46.0 Å². The van der Waals surface area contributed by atoms with Crippen molar-refractivity contribution in [1.29, 1.82) is 0 Å². The summed E-state index contributed by atoms with van der Waals surface area (Å²) in [5, 5.41) is 3.03. The van der Waals surface area contributed by atoms with Gasteiger partial charge in [-0.05, 0) is 25.7 Å². The van der Waals surface area contributed by atoms with Gasteiger partial charge in [0.1, 0.15) is 6.54 Å². The number of carbonyl (C=O) groups is 3. The summed E-state index contributed by atoms with van der Waals surface area (Å²) in [6.07, 6.45) is 9.56. The van der Waals surface area contributed by atoms with Crippen molar-refractivity contribution >= 4 is 17.7 Å². The molecule has 2 fully saturated rings. The normalized spacial score (nSPS) is 22.8. The van der Waals surface area contributed by atoms with E-state index in [9.17, 15) is 14.4 Å². The van der Waals surface area contributed by atoms with Crippen LogP contribution in [0.2, 0.25) is 0 Å². The minimum atomic E-state index is -0.586. The third-order valence-electron chi connectivity index (χ3n) is 5.62. The Kier molecular flexibility index (Phi) is 6.19. The molecule has 0 spiro atoms. The van der Waals surface area contributed by atoms with Gasteiger partial charge >= 0.3 is 0 Å². The second-order valence-electron chi connectivity index (χ2n) is 7.06. The monoisotopic (exact) mass is 322 g/mol. The predicted octanol–water partition coefficient (Wildman–Crippen LogP) is 2.78. The van der Waals surface area contributed by atoms with Gasteiger partial charge < -0.3 is 5.32 Å². The number of imide groups is 1. The fourth-order valence-corrected chi connectivity index (χ4v) is 3.84. The second kappa shape index (κ2) is 7.93. The molecule has 2 aliphatic rings. The topological polar surface area (TPSA) is 66.5 Å². The first-order valence-electron chi connectivity index (χ1n) is 9.16. The molecule has 1 saturated heterocycles. The second-order valence-corrected chi connectivity index (χ2v) is 7.06. The number of amides is 3. The summed E-state index contributed by atoms with van der Waals surface area (Å²) in [5.74, 6) is -0.563. The van der Waals surface area contributed by atoms with E-state index in [2.05, 4.69) is 5.32 Å². The highest BCUT2D eigenvalue weighted by molar-refractivity contribution is 6.07. The van der Waals surface area contributed by atoms with Crippen LogP contribution >= 0.6 is 0 Å². The van der Waals surface area contributed by atoms with Gasteiger partial charge in [-0.15, -0.1) is 0 Å². The van der Waals surface area contributed by atoms with Crippen molar-refractivity contribution < 1.29 is 14.4 Å². The number of hydrogen-bond donors (Lipinski definition) is 1. The van der Waals surface area contributed by atoms with E-state index in [-0.39, 0.29) is 36.7 Å². The van der Waals surface area contributed by atoms with Gasteiger partial charge in [0.05, 0.1) is 5.41 Å². The average molecular weight is 322 g/mol. The molecule has 0 radical (unpaired) electrons. The molecule has 23 heavy (non-hydrogen) atoms. The molecule has 1 aliphatic carbocycles. The fourth-order valence-electron chi connectivity index (χ4n) is 3.84. The molecular formula is C18H30N2O3. The van der Waals surface area contributed by atoms with Gasteiger partial charge in [0, 0.05) is 12.5 Å². The smallest absolute Gasteiger partial charge is 0.240 e. The van der Waals surface area contributed by atoms with Crippen molar-refractivity contribution in [3.8, 4) is 0 Å². The zero-order valence-corrected chi connectivity index (χ0v) is 14.5. The van der Waals surface area contributed by atoms with Crippen LogP contribution in [0.3, 0.4) is 0 Å². The molecule has 1 N–H and O–H groups in total. The molecule has 5 nitrogen and oxygen atoms in total. The molecule has 130 valence electrons. The summed E-state index contributed by atoms with van der Waals surface area (Å²) in [4.78, 5) is 38.2. The number of carbonyl (C=O) groups excluding carboxylic acids is 3. The molecule has 0 aromatic rings. The third kappa shape index (κ3) is 4.12. The van der Waals surface area contributed by atoms with E-state index in [4.69, 9.17) is 0 Å². The van der Waals surface area contributed by atoms with E-state index in [0.29, 0.717) is 12.8 Å². The van der Waals surface area contributed by atoms with Crippen LogP contribution in [-0.4, -0.2) is 35.2 Å². The number of nitrogens with one attached hydrogen (secondary N) is 1. The molecule has 1 heterocycles. The largest absolute Gasteiger partial charge is 0.352 e. The Balaban J connectivity index is 1.91. The molecule has 0 aromatic heterocycles. The Labute approximate surface area is 139 Å². The van der Waals surface area contributed by atoms with Crippen LogP contribution in [0.1, 0.15) is 78.1 Å². The zero-order valence-electron chi connectivity index (χ0n) is 14.5. The zero-order chi connectivity index (χ0) is 16.9. The van der Waals surface area contributed by atoms with Crippen molar-refractivity contribution in [1.82, 2.24) is 10.2 Å². The molecule has 0 unspecified atom stereocenters. The first-order valence-corrected chi connectivity index (χ1v) is 9.16. The summed E-state index contributed by atoms with van der Waals surface area (Å²) in [5.41, 5.74) is -0.586. The summed E-state index contributed by atoms with van der Waals surface area (Å²) < 4.78 is 0. The SMILES string of the molecule is CCC1(CC)CC(=O)N(CC(=O)NC2CCCCCCC2)C1=O. The van der Waals surface area contributed by atoms with Gasteiger partial charge in [-0.2, -0.15) is 0 Å². The van der Waals surface area contributed by atoms with E-state index >= 15 is 0 Å². The van der Waals surface area contributed by atoms with Crippen molar-refractivity contribution in [3.63, 3.8) is 0 Å².